The number of ether oxygens (including phenoxy) is 2. The average Bonchev–Trinajstić information content (AvgIpc) is 2.72. The van der Waals surface area contributed by atoms with E-state index >= 15 is 0 Å². The van der Waals surface area contributed by atoms with Gasteiger partial charge in [0, 0.05) is 6.04 Å². The molecule has 1 aromatic rings. The summed E-state index contributed by atoms with van der Waals surface area (Å²) in [6.45, 7) is 3.23. The van der Waals surface area contributed by atoms with E-state index in [1.54, 1.807) is 31.2 Å². The Labute approximate surface area is 175 Å². The standard InChI is InChI=1S/C21H29N3O6/c1-3-29-17-11-7-5-9-15(17)20(27)22-12-19(26)30-13-18(25)24-21(28)23-16-10-6-4-8-14(16)2/h5,7,9,11,14,16H,3-4,6,8,10,12-13H2,1-2H3,(H,22,27)(H2,23,24,25,28)/t14-,16+/m0/s1. The van der Waals surface area contributed by atoms with Crippen LogP contribution in [0.15, 0.2) is 24.3 Å². The Balaban J connectivity index is 1.69. The summed E-state index contributed by atoms with van der Waals surface area (Å²) in [4.78, 5) is 47.7. The van der Waals surface area contributed by atoms with Gasteiger partial charge in [-0.1, -0.05) is 31.9 Å². The van der Waals surface area contributed by atoms with E-state index < -0.39 is 37.0 Å². The quantitative estimate of drug-likeness (QED) is 0.552. The first-order chi connectivity index (χ1) is 14.4. The third kappa shape index (κ3) is 7.38. The molecule has 9 nitrogen and oxygen atoms in total. The summed E-state index contributed by atoms with van der Waals surface area (Å²) >= 11 is 0. The highest BCUT2D eigenvalue weighted by molar-refractivity contribution is 5.99. The number of rotatable bonds is 8. The lowest BCUT2D eigenvalue weighted by Gasteiger charge is -2.29. The van der Waals surface area contributed by atoms with Gasteiger partial charge >= 0.3 is 12.0 Å². The van der Waals surface area contributed by atoms with Crippen LogP contribution in [0.2, 0.25) is 0 Å². The Morgan fingerprint density at radius 2 is 1.83 bits per heavy atom. The molecule has 0 bridgehead atoms. The predicted octanol–water partition coefficient (Wildman–Crippen LogP) is 1.76. The minimum absolute atomic E-state index is 0.0314. The first-order valence-electron chi connectivity index (χ1n) is 10.2. The van der Waals surface area contributed by atoms with Crippen LogP contribution in [-0.4, -0.2) is 49.6 Å². The maximum Gasteiger partial charge on any atom is 0.325 e. The predicted molar refractivity (Wildman–Crippen MR) is 109 cm³/mol. The van der Waals surface area contributed by atoms with Crippen LogP contribution < -0.4 is 20.7 Å². The third-order valence-corrected chi connectivity index (χ3v) is 4.87. The SMILES string of the molecule is CCOc1ccccc1C(=O)NCC(=O)OCC(=O)NC(=O)N[C@@H]1CCCC[C@@H]1C. The largest absolute Gasteiger partial charge is 0.493 e. The van der Waals surface area contributed by atoms with Crippen molar-refractivity contribution in [3.05, 3.63) is 29.8 Å². The Bertz CT molecular complexity index is 767. The van der Waals surface area contributed by atoms with E-state index in [2.05, 4.69) is 22.9 Å². The molecule has 0 unspecified atom stereocenters. The van der Waals surface area contributed by atoms with Crippen LogP contribution in [0.5, 0.6) is 5.75 Å². The Kier molecular flexibility index (Phi) is 9.11. The summed E-state index contributed by atoms with van der Waals surface area (Å²) in [5, 5.41) is 7.34. The molecule has 3 N–H and O–H groups in total. The maximum absolute atomic E-state index is 12.2. The summed E-state index contributed by atoms with van der Waals surface area (Å²) in [6, 6.07) is 6.07. The molecule has 1 aliphatic carbocycles. The van der Waals surface area contributed by atoms with Crippen molar-refractivity contribution < 1.29 is 28.7 Å². The summed E-state index contributed by atoms with van der Waals surface area (Å²) in [5.41, 5.74) is 0.290. The van der Waals surface area contributed by atoms with Gasteiger partial charge in [-0.05, 0) is 37.8 Å². The molecule has 30 heavy (non-hydrogen) atoms. The Morgan fingerprint density at radius 1 is 1.10 bits per heavy atom. The van der Waals surface area contributed by atoms with Gasteiger partial charge in [-0.2, -0.15) is 0 Å². The molecular weight excluding hydrogens is 390 g/mol. The third-order valence-electron chi connectivity index (χ3n) is 4.87. The van der Waals surface area contributed by atoms with Crippen molar-refractivity contribution in [3.8, 4) is 5.75 Å². The summed E-state index contributed by atoms with van der Waals surface area (Å²) in [6.07, 6.45) is 4.10. The number of para-hydroxylation sites is 1. The number of benzene rings is 1. The molecule has 2 atom stereocenters. The van der Waals surface area contributed by atoms with Crippen LogP contribution in [0.1, 0.15) is 49.9 Å². The van der Waals surface area contributed by atoms with Gasteiger partial charge in [-0.3, -0.25) is 19.7 Å². The molecule has 1 fully saturated rings. The van der Waals surface area contributed by atoms with Crippen molar-refractivity contribution in [2.45, 2.75) is 45.6 Å². The van der Waals surface area contributed by atoms with Gasteiger partial charge in [0.15, 0.2) is 6.61 Å². The van der Waals surface area contributed by atoms with Crippen LogP contribution in [0.3, 0.4) is 0 Å². The summed E-state index contributed by atoms with van der Waals surface area (Å²) in [5.74, 6) is -1.27. The first kappa shape index (κ1) is 23.2. The smallest absolute Gasteiger partial charge is 0.325 e. The molecule has 164 valence electrons. The fourth-order valence-electron chi connectivity index (χ4n) is 3.28. The molecule has 0 radical (unpaired) electrons. The van der Waals surface area contributed by atoms with Gasteiger partial charge < -0.3 is 20.1 Å². The summed E-state index contributed by atoms with van der Waals surface area (Å²) < 4.78 is 10.2. The summed E-state index contributed by atoms with van der Waals surface area (Å²) in [7, 11) is 0. The fourth-order valence-corrected chi connectivity index (χ4v) is 3.28. The van der Waals surface area contributed by atoms with E-state index in [1.807, 2.05) is 0 Å². The molecule has 0 aliphatic heterocycles. The topological polar surface area (TPSA) is 123 Å². The molecule has 0 aromatic heterocycles. The Hall–Kier alpha value is -3.10. The molecule has 1 aliphatic rings. The van der Waals surface area contributed by atoms with Crippen LogP contribution >= 0.6 is 0 Å². The number of carbonyl (C=O) groups is 4. The molecule has 1 aromatic carbocycles. The van der Waals surface area contributed by atoms with Crippen molar-refractivity contribution >= 4 is 23.8 Å². The molecule has 9 heteroatoms. The van der Waals surface area contributed by atoms with E-state index in [9.17, 15) is 19.2 Å². The molecular formula is C21H29N3O6. The maximum atomic E-state index is 12.2. The van der Waals surface area contributed by atoms with Crippen LogP contribution in [0.4, 0.5) is 4.79 Å². The van der Waals surface area contributed by atoms with Crippen LogP contribution in [0, 0.1) is 5.92 Å². The number of urea groups is 1. The minimum atomic E-state index is -0.797. The Morgan fingerprint density at radius 3 is 2.57 bits per heavy atom. The van der Waals surface area contributed by atoms with Crippen molar-refractivity contribution in [1.82, 2.24) is 16.0 Å². The van der Waals surface area contributed by atoms with Gasteiger partial charge in [-0.25, -0.2) is 4.79 Å². The highest BCUT2D eigenvalue weighted by Crippen LogP contribution is 2.23. The number of imide groups is 1. The second-order valence-electron chi connectivity index (χ2n) is 7.16. The highest BCUT2D eigenvalue weighted by Gasteiger charge is 2.23. The minimum Gasteiger partial charge on any atom is -0.493 e. The number of esters is 1. The number of hydrogen-bond acceptors (Lipinski definition) is 6. The van der Waals surface area contributed by atoms with E-state index in [1.165, 1.54) is 0 Å². The first-order valence-corrected chi connectivity index (χ1v) is 10.2. The van der Waals surface area contributed by atoms with E-state index in [-0.39, 0.29) is 6.04 Å². The molecule has 0 spiro atoms. The molecule has 1 saturated carbocycles. The van der Waals surface area contributed by atoms with Crippen LogP contribution in [-0.2, 0) is 14.3 Å². The number of amides is 4. The fraction of sp³-hybridized carbons (Fsp3) is 0.524. The number of nitrogens with one attached hydrogen (secondary N) is 3. The highest BCUT2D eigenvalue weighted by atomic mass is 16.5. The molecule has 0 heterocycles. The van der Waals surface area contributed by atoms with Crippen molar-refractivity contribution in [2.24, 2.45) is 5.92 Å². The monoisotopic (exact) mass is 419 g/mol. The van der Waals surface area contributed by atoms with Gasteiger partial charge in [0.25, 0.3) is 11.8 Å². The second-order valence-corrected chi connectivity index (χ2v) is 7.16. The second kappa shape index (κ2) is 11.8. The zero-order chi connectivity index (χ0) is 21.9. The van der Waals surface area contributed by atoms with Crippen LogP contribution in [0.25, 0.3) is 0 Å². The van der Waals surface area contributed by atoms with E-state index in [0.29, 0.717) is 23.8 Å². The van der Waals surface area contributed by atoms with Crippen molar-refractivity contribution in [2.75, 3.05) is 19.8 Å². The van der Waals surface area contributed by atoms with Gasteiger partial charge in [-0.15, -0.1) is 0 Å². The number of carbonyl (C=O) groups excluding carboxylic acids is 4. The average molecular weight is 419 g/mol. The van der Waals surface area contributed by atoms with Crippen molar-refractivity contribution in [3.63, 3.8) is 0 Å². The van der Waals surface area contributed by atoms with Gasteiger partial charge in [0.2, 0.25) is 0 Å². The zero-order valence-electron chi connectivity index (χ0n) is 17.4. The number of hydrogen-bond donors (Lipinski definition) is 3. The molecule has 4 amide bonds. The van der Waals surface area contributed by atoms with E-state index in [0.717, 1.165) is 25.7 Å². The van der Waals surface area contributed by atoms with Crippen molar-refractivity contribution in [1.29, 1.82) is 0 Å². The molecule has 2 rings (SSSR count). The lowest BCUT2D eigenvalue weighted by Crippen LogP contribution is -2.48. The van der Waals surface area contributed by atoms with Gasteiger partial charge in [0.1, 0.15) is 12.3 Å². The lowest BCUT2D eigenvalue weighted by atomic mass is 9.86. The van der Waals surface area contributed by atoms with Gasteiger partial charge in [0.05, 0.1) is 12.2 Å². The zero-order valence-corrected chi connectivity index (χ0v) is 17.4. The normalized spacial score (nSPS) is 18.1. The lowest BCUT2D eigenvalue weighted by molar-refractivity contribution is -0.147. The molecule has 0 saturated heterocycles. The van der Waals surface area contributed by atoms with E-state index in [4.69, 9.17) is 9.47 Å².